The van der Waals surface area contributed by atoms with E-state index in [2.05, 4.69) is 17.2 Å². The van der Waals surface area contributed by atoms with Gasteiger partial charge in [0.1, 0.15) is 0 Å². The van der Waals surface area contributed by atoms with Crippen molar-refractivity contribution in [3.63, 3.8) is 0 Å². The molecule has 70 valence electrons. The Balaban J connectivity index is 2.55. The van der Waals surface area contributed by atoms with E-state index < -0.39 is 0 Å². The van der Waals surface area contributed by atoms with E-state index in [0.717, 1.165) is 16.9 Å². The summed E-state index contributed by atoms with van der Waals surface area (Å²) < 4.78 is 0. The van der Waals surface area contributed by atoms with E-state index in [4.69, 9.17) is 0 Å². The van der Waals surface area contributed by atoms with Crippen molar-refractivity contribution in [2.45, 2.75) is 33.1 Å². The number of hydrogen-bond acceptors (Lipinski definition) is 1. The number of fused-ring (bicyclic) bond motifs is 1. The molecule has 1 aliphatic heterocycles. The Morgan fingerprint density at radius 2 is 2.08 bits per heavy atom. The van der Waals surface area contributed by atoms with E-state index in [0.29, 0.717) is 12.3 Å². The van der Waals surface area contributed by atoms with Crippen LogP contribution in [0.15, 0.2) is 0 Å². The maximum absolute atomic E-state index is 11.3. The van der Waals surface area contributed by atoms with Crippen LogP contribution in [-0.2, 0) is 4.79 Å². The number of anilines is 1. The summed E-state index contributed by atoms with van der Waals surface area (Å²) in [5, 5.41) is 2.91. The molecule has 3 heteroatoms. The van der Waals surface area contributed by atoms with E-state index in [9.17, 15) is 4.79 Å². The molecule has 2 heterocycles. The number of carbonyl (C=O) groups excluding carboxylic acids is 1. The van der Waals surface area contributed by atoms with Gasteiger partial charge in [-0.25, -0.2) is 0 Å². The fourth-order valence-electron chi connectivity index (χ4n) is 1.85. The first kappa shape index (κ1) is 8.35. The lowest BCUT2D eigenvalue weighted by Gasteiger charge is -2.19. The van der Waals surface area contributed by atoms with E-state index in [1.54, 1.807) is 0 Å². The van der Waals surface area contributed by atoms with Crippen LogP contribution in [0.1, 0.15) is 36.2 Å². The Labute approximate surface area is 77.5 Å². The molecule has 1 unspecified atom stereocenters. The molecular weight excluding hydrogens is 164 g/mol. The predicted molar refractivity (Wildman–Crippen MR) is 51.9 cm³/mol. The first-order chi connectivity index (χ1) is 6.09. The Hall–Kier alpha value is -1.25. The number of H-pyrrole nitrogens is 1. The zero-order valence-corrected chi connectivity index (χ0v) is 8.19. The van der Waals surface area contributed by atoms with Crippen molar-refractivity contribution in [3.05, 3.63) is 17.0 Å². The lowest BCUT2D eigenvalue weighted by Crippen LogP contribution is -2.21. The fraction of sp³-hybridized carbons (Fsp3) is 0.500. The second-order valence-corrected chi connectivity index (χ2v) is 3.82. The summed E-state index contributed by atoms with van der Waals surface area (Å²) in [7, 11) is 0. The summed E-state index contributed by atoms with van der Waals surface area (Å²) in [6.45, 7) is 6.14. The molecule has 0 aliphatic carbocycles. The summed E-state index contributed by atoms with van der Waals surface area (Å²) in [6.07, 6.45) is 0.590. The molecule has 0 radical (unpaired) electrons. The molecular formula is C10H14N2O. The highest BCUT2D eigenvalue weighted by molar-refractivity contribution is 5.95. The molecule has 1 atom stereocenters. The molecule has 1 aromatic heterocycles. The van der Waals surface area contributed by atoms with Gasteiger partial charge in [0.25, 0.3) is 0 Å². The average Bonchev–Trinajstić information content (AvgIpc) is 2.32. The SMILES string of the molecule is Cc1[nH]c2c(c1C)NC(=O)CC2C. The Morgan fingerprint density at radius 1 is 1.38 bits per heavy atom. The smallest absolute Gasteiger partial charge is 0.225 e. The largest absolute Gasteiger partial charge is 0.360 e. The van der Waals surface area contributed by atoms with E-state index in [1.807, 2.05) is 13.8 Å². The van der Waals surface area contributed by atoms with Crippen molar-refractivity contribution in [1.29, 1.82) is 0 Å². The third-order valence-corrected chi connectivity index (χ3v) is 2.78. The topological polar surface area (TPSA) is 44.9 Å². The highest BCUT2D eigenvalue weighted by atomic mass is 16.1. The van der Waals surface area contributed by atoms with Crippen LogP contribution in [0.3, 0.4) is 0 Å². The molecule has 1 aromatic rings. The van der Waals surface area contributed by atoms with Gasteiger partial charge in [-0.1, -0.05) is 6.92 Å². The van der Waals surface area contributed by atoms with Crippen molar-refractivity contribution in [3.8, 4) is 0 Å². The van der Waals surface area contributed by atoms with Crippen molar-refractivity contribution in [2.75, 3.05) is 5.32 Å². The Morgan fingerprint density at radius 3 is 2.77 bits per heavy atom. The molecule has 13 heavy (non-hydrogen) atoms. The number of aromatic nitrogens is 1. The van der Waals surface area contributed by atoms with Gasteiger partial charge in [-0.2, -0.15) is 0 Å². The molecule has 1 amide bonds. The second-order valence-electron chi connectivity index (χ2n) is 3.82. The second kappa shape index (κ2) is 2.62. The molecule has 0 fully saturated rings. The van der Waals surface area contributed by atoms with Gasteiger partial charge in [-0.3, -0.25) is 4.79 Å². The third-order valence-electron chi connectivity index (χ3n) is 2.78. The molecule has 0 saturated carbocycles. The fourth-order valence-corrected chi connectivity index (χ4v) is 1.85. The summed E-state index contributed by atoms with van der Waals surface area (Å²) in [4.78, 5) is 14.6. The Bertz CT molecular complexity index is 365. The maximum Gasteiger partial charge on any atom is 0.225 e. The summed E-state index contributed by atoms with van der Waals surface area (Å²) in [5.74, 6) is 0.443. The number of aromatic amines is 1. The standard InChI is InChI=1S/C10H14N2O/c1-5-4-8(13)12-10-6(2)7(3)11-9(5)10/h5,11H,4H2,1-3H3,(H,12,13). The minimum atomic E-state index is 0.127. The number of aryl methyl sites for hydroxylation is 1. The molecule has 0 spiro atoms. The zero-order valence-electron chi connectivity index (χ0n) is 8.19. The van der Waals surface area contributed by atoms with Crippen molar-refractivity contribution < 1.29 is 4.79 Å². The molecule has 2 N–H and O–H groups in total. The minimum Gasteiger partial charge on any atom is -0.360 e. The van der Waals surface area contributed by atoms with Crippen molar-refractivity contribution in [2.24, 2.45) is 0 Å². The number of carbonyl (C=O) groups is 1. The Kier molecular flexibility index (Phi) is 1.68. The summed E-state index contributed by atoms with van der Waals surface area (Å²) in [5.41, 5.74) is 4.49. The van der Waals surface area contributed by atoms with Gasteiger partial charge in [-0.15, -0.1) is 0 Å². The predicted octanol–water partition coefficient (Wildman–Crippen LogP) is 2.08. The van der Waals surface area contributed by atoms with Crippen LogP contribution >= 0.6 is 0 Å². The first-order valence-corrected chi connectivity index (χ1v) is 4.58. The van der Waals surface area contributed by atoms with Gasteiger partial charge in [-0.05, 0) is 19.4 Å². The lowest BCUT2D eigenvalue weighted by molar-refractivity contribution is -0.116. The number of amides is 1. The monoisotopic (exact) mass is 178 g/mol. The average molecular weight is 178 g/mol. The van der Waals surface area contributed by atoms with Crippen LogP contribution < -0.4 is 5.32 Å². The van der Waals surface area contributed by atoms with Gasteiger partial charge in [0.05, 0.1) is 5.69 Å². The van der Waals surface area contributed by atoms with Crippen LogP contribution in [0.4, 0.5) is 5.69 Å². The van der Waals surface area contributed by atoms with Gasteiger partial charge in [0.15, 0.2) is 0 Å². The van der Waals surface area contributed by atoms with Crippen molar-refractivity contribution >= 4 is 11.6 Å². The zero-order chi connectivity index (χ0) is 9.59. The van der Waals surface area contributed by atoms with Gasteiger partial charge < -0.3 is 10.3 Å². The normalized spacial score (nSPS) is 21.2. The van der Waals surface area contributed by atoms with Crippen LogP contribution in [0.5, 0.6) is 0 Å². The highest BCUT2D eigenvalue weighted by Crippen LogP contribution is 2.34. The van der Waals surface area contributed by atoms with Gasteiger partial charge in [0, 0.05) is 23.7 Å². The quantitative estimate of drug-likeness (QED) is 0.627. The van der Waals surface area contributed by atoms with Crippen LogP contribution in [0, 0.1) is 13.8 Å². The van der Waals surface area contributed by atoms with E-state index in [-0.39, 0.29) is 5.91 Å². The number of hydrogen-bond donors (Lipinski definition) is 2. The van der Waals surface area contributed by atoms with Crippen molar-refractivity contribution in [1.82, 2.24) is 4.98 Å². The van der Waals surface area contributed by atoms with E-state index in [1.165, 1.54) is 5.69 Å². The van der Waals surface area contributed by atoms with Gasteiger partial charge >= 0.3 is 0 Å². The molecule has 0 saturated heterocycles. The minimum absolute atomic E-state index is 0.127. The molecule has 2 rings (SSSR count). The van der Waals surface area contributed by atoms with Crippen LogP contribution in [-0.4, -0.2) is 10.9 Å². The molecule has 3 nitrogen and oxygen atoms in total. The van der Waals surface area contributed by atoms with Gasteiger partial charge in [0.2, 0.25) is 5.91 Å². The van der Waals surface area contributed by atoms with E-state index >= 15 is 0 Å². The summed E-state index contributed by atoms with van der Waals surface area (Å²) >= 11 is 0. The molecule has 0 aromatic carbocycles. The lowest BCUT2D eigenvalue weighted by atomic mass is 9.98. The number of rotatable bonds is 0. The van der Waals surface area contributed by atoms with Crippen LogP contribution in [0.25, 0.3) is 0 Å². The maximum atomic E-state index is 11.3. The molecule has 0 bridgehead atoms. The molecule has 1 aliphatic rings. The highest BCUT2D eigenvalue weighted by Gasteiger charge is 2.25. The number of nitrogens with one attached hydrogen (secondary N) is 2. The first-order valence-electron chi connectivity index (χ1n) is 4.58. The van der Waals surface area contributed by atoms with Crippen LogP contribution in [0.2, 0.25) is 0 Å². The summed E-state index contributed by atoms with van der Waals surface area (Å²) in [6, 6.07) is 0. The third kappa shape index (κ3) is 1.15.